The summed E-state index contributed by atoms with van der Waals surface area (Å²) in [6, 6.07) is 0.336. The summed E-state index contributed by atoms with van der Waals surface area (Å²) in [7, 11) is 0. The van der Waals surface area contributed by atoms with Gasteiger partial charge in [-0.05, 0) is 27.2 Å². The Morgan fingerprint density at radius 3 is 2.75 bits per heavy atom. The zero-order valence-electron chi connectivity index (χ0n) is 13.2. The first-order chi connectivity index (χ1) is 9.53. The Hall–Kier alpha value is -0.490. The van der Waals surface area contributed by atoms with E-state index in [0.29, 0.717) is 6.04 Å². The third-order valence-electron chi connectivity index (χ3n) is 4.10. The monoisotopic (exact) mass is 296 g/mol. The van der Waals surface area contributed by atoms with Crippen LogP contribution in [0, 0.1) is 0 Å². The molecule has 114 valence electrons. The zero-order chi connectivity index (χ0) is 14.6. The van der Waals surface area contributed by atoms with Gasteiger partial charge in [0.15, 0.2) is 0 Å². The van der Waals surface area contributed by atoms with E-state index in [9.17, 15) is 0 Å². The van der Waals surface area contributed by atoms with Gasteiger partial charge in [0.2, 0.25) is 0 Å². The minimum atomic E-state index is 0.196. The van der Waals surface area contributed by atoms with Crippen LogP contribution in [0.5, 0.6) is 0 Å². The summed E-state index contributed by atoms with van der Waals surface area (Å²) < 4.78 is 0. The van der Waals surface area contributed by atoms with E-state index in [1.165, 1.54) is 9.88 Å². The Balaban J connectivity index is 1.86. The maximum absolute atomic E-state index is 4.53. The van der Waals surface area contributed by atoms with Crippen molar-refractivity contribution >= 4 is 11.3 Å². The molecule has 5 heteroatoms. The van der Waals surface area contributed by atoms with Crippen LogP contribution >= 0.6 is 11.3 Å². The van der Waals surface area contributed by atoms with E-state index >= 15 is 0 Å². The van der Waals surface area contributed by atoms with Crippen molar-refractivity contribution in [3.63, 3.8) is 0 Å². The summed E-state index contributed by atoms with van der Waals surface area (Å²) in [5.41, 5.74) is 0.196. The van der Waals surface area contributed by atoms with Gasteiger partial charge in [-0.25, -0.2) is 4.98 Å². The van der Waals surface area contributed by atoms with E-state index < -0.39 is 0 Å². The number of nitrogens with zero attached hydrogens (tertiary/aromatic N) is 2. The highest BCUT2D eigenvalue weighted by Crippen LogP contribution is 2.21. The predicted molar refractivity (Wildman–Crippen MR) is 86.4 cm³/mol. The van der Waals surface area contributed by atoms with Crippen LogP contribution in [0.1, 0.15) is 43.6 Å². The normalized spacial score (nSPS) is 19.2. The largest absolute Gasteiger partial charge is 0.314 e. The number of nitrogens with one attached hydrogen (secondary N) is 2. The SMILES string of the molecule is CCc1cnc(C(C)NCC(C)(C)N2CCNCC2)s1. The van der Waals surface area contributed by atoms with E-state index in [1.54, 1.807) is 0 Å². The van der Waals surface area contributed by atoms with Crippen molar-refractivity contribution in [2.24, 2.45) is 0 Å². The van der Waals surface area contributed by atoms with Gasteiger partial charge >= 0.3 is 0 Å². The number of rotatable bonds is 6. The third kappa shape index (κ3) is 4.01. The summed E-state index contributed by atoms with van der Waals surface area (Å²) in [6.45, 7) is 14.5. The lowest BCUT2D eigenvalue weighted by atomic mass is 10.0. The fourth-order valence-corrected chi connectivity index (χ4v) is 3.44. The summed E-state index contributed by atoms with van der Waals surface area (Å²) in [5, 5.41) is 8.28. The van der Waals surface area contributed by atoms with Crippen molar-refractivity contribution < 1.29 is 0 Å². The van der Waals surface area contributed by atoms with E-state index in [-0.39, 0.29) is 5.54 Å². The van der Waals surface area contributed by atoms with Crippen LogP contribution < -0.4 is 10.6 Å². The molecule has 0 spiro atoms. The standard InChI is InChI=1S/C15H28N4S/c1-5-13-10-17-14(20-13)12(2)18-11-15(3,4)19-8-6-16-7-9-19/h10,12,16,18H,5-9,11H2,1-4H3. The lowest BCUT2D eigenvalue weighted by molar-refractivity contribution is 0.0999. The zero-order valence-corrected chi connectivity index (χ0v) is 14.0. The molecule has 4 nitrogen and oxygen atoms in total. The second-order valence-corrected chi connectivity index (χ2v) is 7.32. The second kappa shape index (κ2) is 6.98. The molecule has 2 rings (SSSR count). The first-order valence-corrected chi connectivity index (χ1v) is 8.48. The van der Waals surface area contributed by atoms with E-state index in [0.717, 1.165) is 39.1 Å². The van der Waals surface area contributed by atoms with Gasteiger partial charge in [-0.1, -0.05) is 6.92 Å². The van der Waals surface area contributed by atoms with Crippen molar-refractivity contribution in [1.82, 2.24) is 20.5 Å². The highest BCUT2D eigenvalue weighted by atomic mass is 32.1. The maximum atomic E-state index is 4.53. The molecule has 0 saturated carbocycles. The Morgan fingerprint density at radius 2 is 2.15 bits per heavy atom. The molecule has 0 radical (unpaired) electrons. The molecule has 1 atom stereocenters. The molecule has 0 amide bonds. The van der Waals surface area contributed by atoms with Gasteiger partial charge in [-0.2, -0.15) is 0 Å². The highest BCUT2D eigenvalue weighted by molar-refractivity contribution is 7.11. The third-order valence-corrected chi connectivity index (χ3v) is 5.43. The molecule has 1 aliphatic rings. The Labute approximate surface area is 127 Å². The molecular weight excluding hydrogens is 268 g/mol. The van der Waals surface area contributed by atoms with Crippen molar-refractivity contribution in [3.8, 4) is 0 Å². The molecule has 2 heterocycles. The van der Waals surface area contributed by atoms with Gasteiger partial charge in [-0.3, -0.25) is 4.90 Å². The number of hydrogen-bond acceptors (Lipinski definition) is 5. The second-order valence-electron chi connectivity index (χ2n) is 6.17. The number of thiazole rings is 1. The summed E-state index contributed by atoms with van der Waals surface area (Å²) >= 11 is 1.83. The van der Waals surface area contributed by atoms with Gasteiger partial charge in [-0.15, -0.1) is 11.3 Å². The Kier molecular flexibility index (Phi) is 5.55. The average Bonchev–Trinajstić information content (AvgIpc) is 2.95. The van der Waals surface area contributed by atoms with Crippen LogP contribution in [0.3, 0.4) is 0 Å². The molecule has 0 aliphatic carbocycles. The molecule has 1 aliphatic heterocycles. The molecule has 1 unspecified atom stereocenters. The van der Waals surface area contributed by atoms with E-state index in [1.807, 2.05) is 17.5 Å². The van der Waals surface area contributed by atoms with Crippen molar-refractivity contribution in [2.45, 2.75) is 45.7 Å². The highest BCUT2D eigenvalue weighted by Gasteiger charge is 2.28. The molecule has 0 bridgehead atoms. The van der Waals surface area contributed by atoms with Crippen molar-refractivity contribution in [1.29, 1.82) is 0 Å². The molecule has 1 saturated heterocycles. The molecular formula is C15H28N4S. The molecule has 1 fully saturated rings. The van der Waals surface area contributed by atoms with Gasteiger partial charge < -0.3 is 10.6 Å². The lowest BCUT2D eigenvalue weighted by Gasteiger charge is -2.41. The van der Waals surface area contributed by atoms with E-state index in [2.05, 4.69) is 48.2 Å². The quantitative estimate of drug-likeness (QED) is 0.843. The van der Waals surface area contributed by atoms with Crippen LogP contribution in [0.2, 0.25) is 0 Å². The fourth-order valence-electron chi connectivity index (χ4n) is 2.56. The predicted octanol–water partition coefficient (Wildman–Crippen LogP) is 2.04. The van der Waals surface area contributed by atoms with Crippen molar-refractivity contribution in [2.75, 3.05) is 32.7 Å². The summed E-state index contributed by atoms with van der Waals surface area (Å²) in [5.74, 6) is 0. The summed E-state index contributed by atoms with van der Waals surface area (Å²) in [6.07, 6.45) is 3.09. The van der Waals surface area contributed by atoms with Crippen LogP contribution in [-0.4, -0.2) is 48.1 Å². The minimum Gasteiger partial charge on any atom is -0.314 e. The lowest BCUT2D eigenvalue weighted by Crippen LogP contribution is -2.57. The first-order valence-electron chi connectivity index (χ1n) is 7.66. The first kappa shape index (κ1) is 15.9. The number of aromatic nitrogens is 1. The smallest absolute Gasteiger partial charge is 0.109 e. The number of piperazine rings is 1. The molecule has 1 aromatic rings. The Morgan fingerprint density at radius 1 is 1.45 bits per heavy atom. The molecule has 0 aromatic carbocycles. The average molecular weight is 296 g/mol. The fraction of sp³-hybridized carbons (Fsp3) is 0.800. The topological polar surface area (TPSA) is 40.2 Å². The molecule has 1 aromatic heterocycles. The van der Waals surface area contributed by atoms with Gasteiger partial charge in [0.1, 0.15) is 5.01 Å². The molecule has 2 N–H and O–H groups in total. The van der Waals surface area contributed by atoms with Gasteiger partial charge in [0.05, 0.1) is 6.04 Å². The number of aryl methyl sites for hydroxylation is 1. The summed E-state index contributed by atoms with van der Waals surface area (Å²) in [4.78, 5) is 8.47. The molecule has 20 heavy (non-hydrogen) atoms. The van der Waals surface area contributed by atoms with Crippen LogP contribution in [0.15, 0.2) is 6.20 Å². The van der Waals surface area contributed by atoms with Crippen LogP contribution in [-0.2, 0) is 6.42 Å². The van der Waals surface area contributed by atoms with Crippen LogP contribution in [0.4, 0.5) is 0 Å². The van der Waals surface area contributed by atoms with Crippen molar-refractivity contribution in [3.05, 3.63) is 16.1 Å². The Bertz CT molecular complexity index is 410. The van der Waals surface area contributed by atoms with E-state index in [4.69, 9.17) is 0 Å². The number of hydrogen-bond donors (Lipinski definition) is 2. The minimum absolute atomic E-state index is 0.196. The van der Waals surface area contributed by atoms with Gasteiger partial charge in [0, 0.05) is 49.3 Å². The maximum Gasteiger partial charge on any atom is 0.109 e. The van der Waals surface area contributed by atoms with Gasteiger partial charge in [0.25, 0.3) is 0 Å². The van der Waals surface area contributed by atoms with Crippen LogP contribution in [0.25, 0.3) is 0 Å².